The minimum absolute atomic E-state index is 0. The van der Waals surface area contributed by atoms with Crippen molar-refractivity contribution in [2.75, 3.05) is 0 Å². The third-order valence-electron chi connectivity index (χ3n) is 1.64. The molecule has 0 unspecified atom stereocenters. The van der Waals surface area contributed by atoms with Gasteiger partial charge in [-0.3, -0.25) is 14.7 Å². The topological polar surface area (TPSA) is 97.5 Å². The van der Waals surface area contributed by atoms with Crippen LogP contribution >= 0.6 is 11.6 Å². The minimum atomic E-state index is -4.55. The van der Waals surface area contributed by atoms with Crippen LogP contribution in [0.15, 0.2) is 17.0 Å². The molecule has 1 radical (unpaired) electrons. The zero-order valence-electron chi connectivity index (χ0n) is 8.47. The smallest absolute Gasteiger partial charge is 0.282 e. The van der Waals surface area contributed by atoms with E-state index in [0.29, 0.717) is 5.56 Å². The van der Waals surface area contributed by atoms with Crippen LogP contribution in [0.25, 0.3) is 0 Å². The molecule has 83 valence electrons. The molecule has 0 amide bonds. The van der Waals surface area contributed by atoms with E-state index in [2.05, 4.69) is 0 Å². The van der Waals surface area contributed by atoms with Crippen LogP contribution in [0.5, 0.6) is 0 Å². The van der Waals surface area contributed by atoms with Gasteiger partial charge in [0.25, 0.3) is 15.8 Å². The monoisotopic (exact) mass is 274 g/mol. The summed E-state index contributed by atoms with van der Waals surface area (Å²) in [6.07, 6.45) is 0. The molecule has 0 aliphatic rings. The van der Waals surface area contributed by atoms with Crippen molar-refractivity contribution in [2.45, 2.75) is 11.8 Å². The average Bonchev–Trinajstić information content (AvgIpc) is 2.06. The van der Waals surface area contributed by atoms with Crippen LogP contribution in [-0.4, -0.2) is 47.5 Å². The van der Waals surface area contributed by atoms with Gasteiger partial charge < -0.3 is 0 Å². The maximum Gasteiger partial charge on any atom is 0.296 e. The van der Waals surface area contributed by atoms with Crippen molar-refractivity contribution < 1.29 is 17.9 Å². The van der Waals surface area contributed by atoms with Gasteiger partial charge in [-0.05, 0) is 18.6 Å². The number of nitrogens with zero attached hydrogens (tertiary/aromatic N) is 1. The van der Waals surface area contributed by atoms with Crippen LogP contribution in [0.2, 0.25) is 5.02 Å². The fourth-order valence-electron chi connectivity index (χ4n) is 1.04. The predicted molar refractivity (Wildman–Crippen MR) is 58.4 cm³/mol. The molecule has 0 aromatic heterocycles. The summed E-state index contributed by atoms with van der Waals surface area (Å²) in [6.45, 7) is 1.46. The Kier molecular flexibility index (Phi) is 5.37. The third-order valence-corrected chi connectivity index (χ3v) is 3.03. The summed E-state index contributed by atoms with van der Waals surface area (Å²) in [5.41, 5.74) is -0.233. The van der Waals surface area contributed by atoms with E-state index in [9.17, 15) is 18.5 Å². The Hall–Kier alpha value is -0.180. The molecule has 0 aliphatic carbocycles. The van der Waals surface area contributed by atoms with Gasteiger partial charge in [-0.1, -0.05) is 11.6 Å². The fourth-order valence-corrected chi connectivity index (χ4v) is 2.17. The van der Waals surface area contributed by atoms with Crippen molar-refractivity contribution in [3.05, 3.63) is 32.8 Å². The van der Waals surface area contributed by atoms with E-state index in [1.165, 1.54) is 6.92 Å². The normalized spacial score (nSPS) is 10.7. The molecular weight excluding hydrogens is 269 g/mol. The molecule has 9 heteroatoms. The summed E-state index contributed by atoms with van der Waals surface area (Å²) in [4.78, 5) is 9.03. The molecule has 6 nitrogen and oxygen atoms in total. The number of nitro benzene ring substituents is 1. The number of benzene rings is 1. The number of hydrogen-bond acceptors (Lipinski definition) is 4. The van der Waals surface area contributed by atoms with E-state index < -0.39 is 30.6 Å². The van der Waals surface area contributed by atoms with Crippen LogP contribution in [0, 0.1) is 17.0 Å². The molecule has 1 N–H and O–H groups in total. The average molecular weight is 275 g/mol. The summed E-state index contributed by atoms with van der Waals surface area (Å²) in [6, 6.07) is 2.18. The van der Waals surface area contributed by atoms with Gasteiger partial charge in [0.1, 0.15) is 9.92 Å². The Labute approximate surface area is 119 Å². The molecule has 0 spiro atoms. The van der Waals surface area contributed by atoms with E-state index in [4.69, 9.17) is 16.2 Å². The quantitative estimate of drug-likeness (QED) is 0.381. The fraction of sp³-hybridized carbons (Fsp3) is 0.143. The van der Waals surface area contributed by atoms with Crippen molar-refractivity contribution in [3.8, 4) is 0 Å². The van der Waals surface area contributed by atoms with E-state index in [0.717, 1.165) is 12.1 Å². The Morgan fingerprint density at radius 2 is 1.94 bits per heavy atom. The van der Waals surface area contributed by atoms with Gasteiger partial charge in [0.05, 0.1) is 4.92 Å². The summed E-state index contributed by atoms with van der Waals surface area (Å²) in [7, 11) is -4.55. The molecule has 1 aromatic carbocycles. The van der Waals surface area contributed by atoms with E-state index in [1.807, 2.05) is 0 Å². The van der Waals surface area contributed by atoms with Gasteiger partial charge in [0, 0.05) is 35.6 Å². The second-order valence-electron chi connectivity index (χ2n) is 2.83. The first-order valence-corrected chi connectivity index (χ1v) is 5.47. The maximum atomic E-state index is 10.8. The summed E-state index contributed by atoms with van der Waals surface area (Å²) < 4.78 is 30.4. The predicted octanol–water partition coefficient (Wildman–Crippen LogP) is 1.42. The van der Waals surface area contributed by atoms with Crippen LogP contribution in [0.3, 0.4) is 0 Å². The van der Waals surface area contributed by atoms with E-state index in [1.54, 1.807) is 0 Å². The summed E-state index contributed by atoms with van der Waals surface area (Å²) in [5, 5.41) is 9.91. The van der Waals surface area contributed by atoms with Crippen LogP contribution < -0.4 is 0 Å². The second kappa shape index (κ2) is 5.44. The van der Waals surface area contributed by atoms with Gasteiger partial charge in [-0.25, -0.2) is 0 Å². The summed E-state index contributed by atoms with van der Waals surface area (Å²) in [5.74, 6) is 0. The first kappa shape index (κ1) is 15.8. The Bertz CT molecular complexity index is 530. The number of aryl methyl sites for hydroxylation is 1. The second-order valence-corrected chi connectivity index (χ2v) is 4.60. The molecule has 1 aromatic rings. The van der Waals surface area contributed by atoms with Gasteiger partial charge in [-0.15, -0.1) is 0 Å². The number of rotatable bonds is 2. The molecular formula is C7H6ClNNaO5S. The molecule has 0 heterocycles. The Balaban J connectivity index is 0.00000225. The van der Waals surface area contributed by atoms with Crippen molar-refractivity contribution in [3.63, 3.8) is 0 Å². The molecule has 0 atom stereocenters. The molecule has 1 rings (SSSR count). The molecule has 0 saturated heterocycles. The van der Waals surface area contributed by atoms with Crippen molar-refractivity contribution in [2.24, 2.45) is 0 Å². The number of nitro groups is 1. The third kappa shape index (κ3) is 3.41. The number of hydrogen-bond donors (Lipinski definition) is 1. The molecule has 0 aliphatic heterocycles. The Morgan fingerprint density at radius 3 is 2.31 bits per heavy atom. The molecule has 0 saturated carbocycles. The van der Waals surface area contributed by atoms with Crippen LogP contribution in [0.1, 0.15) is 5.56 Å². The Morgan fingerprint density at radius 1 is 1.44 bits per heavy atom. The van der Waals surface area contributed by atoms with Crippen LogP contribution in [-0.2, 0) is 10.1 Å². The largest absolute Gasteiger partial charge is 0.296 e. The van der Waals surface area contributed by atoms with Crippen molar-refractivity contribution in [1.29, 1.82) is 0 Å². The SMILES string of the molecule is Cc1cc([N+](=O)[O-])c(Cl)c(S(=O)(=O)O)c1.[Na]. The van der Waals surface area contributed by atoms with Crippen molar-refractivity contribution in [1.82, 2.24) is 0 Å². The van der Waals surface area contributed by atoms with E-state index in [-0.39, 0.29) is 29.6 Å². The zero-order valence-corrected chi connectivity index (χ0v) is 12.0. The van der Waals surface area contributed by atoms with Gasteiger partial charge in [-0.2, -0.15) is 8.42 Å². The van der Waals surface area contributed by atoms with Gasteiger partial charge >= 0.3 is 0 Å². The van der Waals surface area contributed by atoms with Gasteiger partial charge in [0.2, 0.25) is 0 Å². The number of halogens is 1. The molecule has 0 fully saturated rings. The molecule has 0 bridgehead atoms. The standard InChI is InChI=1S/C7H6ClNO5S.Na/c1-4-2-5(9(10)11)7(8)6(3-4)15(12,13)14;/h2-3H,1H3,(H,12,13,14);. The first-order chi connectivity index (χ1) is 6.73. The first-order valence-electron chi connectivity index (χ1n) is 3.65. The molecule has 16 heavy (non-hydrogen) atoms. The zero-order chi connectivity index (χ0) is 11.8. The summed E-state index contributed by atoms with van der Waals surface area (Å²) >= 11 is 5.48. The van der Waals surface area contributed by atoms with Crippen molar-refractivity contribution >= 4 is 57.0 Å². The van der Waals surface area contributed by atoms with Gasteiger partial charge in [0.15, 0.2) is 0 Å². The van der Waals surface area contributed by atoms with Crippen LogP contribution in [0.4, 0.5) is 5.69 Å². The minimum Gasteiger partial charge on any atom is -0.282 e. The maximum absolute atomic E-state index is 10.8. The van der Waals surface area contributed by atoms with E-state index >= 15 is 0 Å².